The van der Waals surface area contributed by atoms with Crippen molar-refractivity contribution in [1.82, 2.24) is 0 Å². The van der Waals surface area contributed by atoms with Crippen molar-refractivity contribution in [2.45, 2.75) is 31.7 Å². The molecule has 2 aromatic carbocycles. The van der Waals surface area contributed by atoms with E-state index in [0.29, 0.717) is 12.2 Å². The molecule has 0 amide bonds. The van der Waals surface area contributed by atoms with Gasteiger partial charge in [-0.25, -0.2) is 0 Å². The van der Waals surface area contributed by atoms with Gasteiger partial charge in [-0.2, -0.15) is 0 Å². The first-order chi connectivity index (χ1) is 10.7. The SMILES string of the molecule is O=C1CCCCC1[C@@H](Nc1ccccc1)c1ccc(Cl)cc1. The van der Waals surface area contributed by atoms with Crippen molar-refractivity contribution >= 4 is 23.1 Å². The van der Waals surface area contributed by atoms with E-state index < -0.39 is 0 Å². The number of halogens is 1. The van der Waals surface area contributed by atoms with Crippen LogP contribution in [0.4, 0.5) is 5.69 Å². The van der Waals surface area contributed by atoms with Crippen LogP contribution in [0.3, 0.4) is 0 Å². The third-order valence-corrected chi connectivity index (χ3v) is 4.58. The fourth-order valence-corrected chi connectivity index (χ4v) is 3.29. The van der Waals surface area contributed by atoms with E-state index in [2.05, 4.69) is 5.32 Å². The zero-order valence-corrected chi connectivity index (χ0v) is 13.2. The van der Waals surface area contributed by atoms with Crippen LogP contribution in [0.25, 0.3) is 0 Å². The maximum atomic E-state index is 12.4. The number of nitrogens with one attached hydrogen (secondary N) is 1. The van der Waals surface area contributed by atoms with Crippen LogP contribution < -0.4 is 5.32 Å². The smallest absolute Gasteiger partial charge is 0.138 e. The Balaban J connectivity index is 1.90. The van der Waals surface area contributed by atoms with Crippen LogP contribution in [0.1, 0.15) is 37.3 Å². The summed E-state index contributed by atoms with van der Waals surface area (Å²) < 4.78 is 0. The van der Waals surface area contributed by atoms with Gasteiger partial charge in [0, 0.05) is 23.0 Å². The molecule has 1 N–H and O–H groups in total. The molecule has 3 heteroatoms. The fraction of sp³-hybridized carbons (Fsp3) is 0.316. The maximum Gasteiger partial charge on any atom is 0.138 e. The molecule has 1 unspecified atom stereocenters. The second-order valence-corrected chi connectivity index (χ2v) is 6.29. The summed E-state index contributed by atoms with van der Waals surface area (Å²) in [5.41, 5.74) is 2.16. The topological polar surface area (TPSA) is 29.1 Å². The molecule has 2 aromatic rings. The summed E-state index contributed by atoms with van der Waals surface area (Å²) in [5.74, 6) is 0.407. The van der Waals surface area contributed by atoms with Crippen molar-refractivity contribution in [2.24, 2.45) is 5.92 Å². The van der Waals surface area contributed by atoms with E-state index in [4.69, 9.17) is 11.6 Å². The first kappa shape index (κ1) is 15.1. The van der Waals surface area contributed by atoms with Crippen LogP contribution in [0.5, 0.6) is 0 Å². The minimum atomic E-state index is 0.00691. The Labute approximate surface area is 136 Å². The lowest BCUT2D eigenvalue weighted by atomic mass is 9.80. The highest BCUT2D eigenvalue weighted by molar-refractivity contribution is 6.30. The average Bonchev–Trinajstić information content (AvgIpc) is 2.55. The first-order valence-electron chi connectivity index (χ1n) is 7.84. The predicted octanol–water partition coefficient (Wildman–Crippen LogP) is 5.25. The van der Waals surface area contributed by atoms with Crippen molar-refractivity contribution in [2.75, 3.05) is 5.32 Å². The predicted molar refractivity (Wildman–Crippen MR) is 91.2 cm³/mol. The van der Waals surface area contributed by atoms with Crippen LogP contribution in [0.15, 0.2) is 54.6 Å². The molecule has 114 valence electrons. The van der Waals surface area contributed by atoms with Gasteiger partial charge in [-0.3, -0.25) is 4.79 Å². The average molecular weight is 314 g/mol. The van der Waals surface area contributed by atoms with Gasteiger partial charge in [-0.1, -0.05) is 48.4 Å². The van der Waals surface area contributed by atoms with E-state index in [-0.39, 0.29) is 12.0 Å². The maximum absolute atomic E-state index is 12.4. The number of anilines is 1. The van der Waals surface area contributed by atoms with Crippen LogP contribution in [0, 0.1) is 5.92 Å². The van der Waals surface area contributed by atoms with Gasteiger partial charge in [0.2, 0.25) is 0 Å². The second-order valence-electron chi connectivity index (χ2n) is 5.86. The lowest BCUT2D eigenvalue weighted by Gasteiger charge is -2.31. The van der Waals surface area contributed by atoms with Crippen LogP contribution in [-0.4, -0.2) is 5.78 Å². The van der Waals surface area contributed by atoms with Crippen LogP contribution in [-0.2, 0) is 4.79 Å². The molecule has 0 radical (unpaired) electrons. The summed E-state index contributed by atoms with van der Waals surface area (Å²) in [5, 5.41) is 4.27. The van der Waals surface area contributed by atoms with Gasteiger partial charge in [0.25, 0.3) is 0 Å². The number of rotatable bonds is 4. The Bertz CT molecular complexity index is 624. The summed E-state index contributed by atoms with van der Waals surface area (Å²) in [6.07, 6.45) is 3.79. The number of hydrogen-bond donors (Lipinski definition) is 1. The molecule has 0 saturated heterocycles. The Hall–Kier alpha value is -1.80. The highest BCUT2D eigenvalue weighted by Gasteiger charge is 2.31. The van der Waals surface area contributed by atoms with Crippen LogP contribution >= 0.6 is 11.6 Å². The fourth-order valence-electron chi connectivity index (χ4n) is 3.16. The number of hydrogen-bond acceptors (Lipinski definition) is 2. The summed E-state index contributed by atoms with van der Waals surface area (Å²) in [6.45, 7) is 0. The van der Waals surface area contributed by atoms with Crippen molar-refractivity contribution in [3.8, 4) is 0 Å². The molecule has 0 bridgehead atoms. The van der Waals surface area contributed by atoms with Crippen molar-refractivity contribution in [1.29, 1.82) is 0 Å². The molecule has 0 aromatic heterocycles. The molecular formula is C19H20ClNO. The molecule has 3 rings (SSSR count). The minimum absolute atomic E-state index is 0.00691. The Kier molecular flexibility index (Phi) is 4.79. The third kappa shape index (κ3) is 3.50. The Morgan fingerprint density at radius 3 is 2.41 bits per heavy atom. The summed E-state index contributed by atoms with van der Waals surface area (Å²) >= 11 is 6.00. The van der Waals surface area contributed by atoms with Gasteiger partial charge >= 0.3 is 0 Å². The molecule has 0 heterocycles. The van der Waals surface area contributed by atoms with E-state index in [1.807, 2.05) is 54.6 Å². The lowest BCUT2D eigenvalue weighted by Crippen LogP contribution is -2.30. The zero-order chi connectivity index (χ0) is 15.4. The van der Waals surface area contributed by atoms with Gasteiger partial charge in [0.05, 0.1) is 6.04 Å². The van der Waals surface area contributed by atoms with Crippen molar-refractivity contribution in [3.05, 3.63) is 65.2 Å². The lowest BCUT2D eigenvalue weighted by molar-refractivity contribution is -0.125. The molecule has 0 aliphatic heterocycles. The molecular weight excluding hydrogens is 294 g/mol. The van der Waals surface area contributed by atoms with Gasteiger partial charge in [-0.15, -0.1) is 0 Å². The Morgan fingerprint density at radius 1 is 1.00 bits per heavy atom. The van der Waals surface area contributed by atoms with Gasteiger partial charge < -0.3 is 5.32 Å². The molecule has 2 atom stereocenters. The summed E-state index contributed by atoms with van der Waals surface area (Å²) in [7, 11) is 0. The van der Waals surface area contributed by atoms with E-state index in [9.17, 15) is 4.79 Å². The summed E-state index contributed by atoms with van der Waals surface area (Å²) in [6, 6.07) is 17.9. The van der Waals surface area contributed by atoms with Crippen LogP contribution in [0.2, 0.25) is 5.02 Å². The summed E-state index contributed by atoms with van der Waals surface area (Å²) in [4.78, 5) is 12.4. The van der Waals surface area contributed by atoms with Crippen molar-refractivity contribution < 1.29 is 4.79 Å². The number of carbonyl (C=O) groups is 1. The minimum Gasteiger partial charge on any atom is -0.378 e. The highest BCUT2D eigenvalue weighted by Crippen LogP contribution is 2.35. The molecule has 1 fully saturated rings. The van der Waals surface area contributed by atoms with Gasteiger partial charge in [0.15, 0.2) is 0 Å². The highest BCUT2D eigenvalue weighted by atomic mass is 35.5. The number of benzene rings is 2. The standard InChI is InChI=1S/C19H20ClNO/c20-15-12-10-14(11-13-15)19(17-8-4-5-9-18(17)22)21-16-6-2-1-3-7-16/h1-3,6-7,10-13,17,19,21H,4-5,8-9H2/t17?,19-/m0/s1. The van der Waals surface area contributed by atoms with Gasteiger partial charge in [-0.05, 0) is 42.7 Å². The van der Waals surface area contributed by atoms with E-state index in [0.717, 1.165) is 35.5 Å². The number of carbonyl (C=O) groups excluding carboxylic acids is 1. The largest absolute Gasteiger partial charge is 0.378 e. The number of Topliss-reactive ketones (excluding diaryl/α,β-unsaturated/α-hetero) is 1. The monoisotopic (exact) mass is 313 g/mol. The molecule has 0 spiro atoms. The molecule has 1 aliphatic carbocycles. The quantitative estimate of drug-likeness (QED) is 0.835. The van der Waals surface area contributed by atoms with E-state index in [1.54, 1.807) is 0 Å². The van der Waals surface area contributed by atoms with Crippen molar-refractivity contribution in [3.63, 3.8) is 0 Å². The molecule has 22 heavy (non-hydrogen) atoms. The molecule has 2 nitrogen and oxygen atoms in total. The molecule has 1 aliphatic rings. The normalized spacial score (nSPS) is 19.7. The zero-order valence-electron chi connectivity index (χ0n) is 12.5. The van der Waals surface area contributed by atoms with Gasteiger partial charge in [0.1, 0.15) is 5.78 Å². The second kappa shape index (κ2) is 6.97. The Morgan fingerprint density at radius 2 is 1.73 bits per heavy atom. The first-order valence-corrected chi connectivity index (χ1v) is 8.21. The third-order valence-electron chi connectivity index (χ3n) is 4.33. The van der Waals surface area contributed by atoms with E-state index in [1.165, 1.54) is 0 Å². The number of para-hydroxylation sites is 1. The number of ketones is 1. The molecule has 1 saturated carbocycles. The van der Waals surface area contributed by atoms with E-state index >= 15 is 0 Å².